The second kappa shape index (κ2) is 11.1. The van der Waals surface area contributed by atoms with Crippen molar-refractivity contribution in [3.05, 3.63) is 112 Å². The van der Waals surface area contributed by atoms with E-state index in [1.165, 1.54) is 85.6 Å². The first-order valence-electron chi connectivity index (χ1n) is 17.6. The first kappa shape index (κ1) is 26.7. The van der Waals surface area contributed by atoms with Crippen molar-refractivity contribution in [2.75, 3.05) is 0 Å². The van der Waals surface area contributed by atoms with E-state index >= 15 is 0 Å². The van der Waals surface area contributed by atoms with Crippen molar-refractivity contribution >= 4 is 27.5 Å². The third-order valence-electron chi connectivity index (χ3n) is 12.8. The molecule has 2 fully saturated rings. The molecule has 0 radical (unpaired) electrons. The van der Waals surface area contributed by atoms with Gasteiger partial charge in [-0.25, -0.2) is 0 Å². The van der Waals surface area contributed by atoms with Crippen molar-refractivity contribution in [3.63, 3.8) is 0 Å². The second-order valence-electron chi connectivity index (χ2n) is 14.8. The molecule has 0 N–H and O–H groups in total. The quantitative estimate of drug-likeness (QED) is 0.316. The fraction of sp³-hybridized carbons (Fsp3) is 0.476. The summed E-state index contributed by atoms with van der Waals surface area (Å²) in [6.45, 7) is 0. The number of hydrogen-bond acceptors (Lipinski definition) is 1. The lowest BCUT2D eigenvalue weighted by atomic mass is 9.49. The van der Waals surface area contributed by atoms with E-state index in [1.807, 2.05) is 16.9 Å². The Bertz CT molecular complexity index is 1610. The summed E-state index contributed by atoms with van der Waals surface area (Å²) in [6.07, 6.45) is 42.9. The van der Waals surface area contributed by atoms with Gasteiger partial charge in [0, 0.05) is 9.58 Å². The Balaban J connectivity index is 1.08. The average Bonchev–Trinajstić information content (AvgIpc) is 3.46. The van der Waals surface area contributed by atoms with Gasteiger partial charge in [-0.15, -0.1) is 11.3 Å². The number of thiophene rings is 1. The minimum absolute atomic E-state index is 0.604. The lowest BCUT2D eigenvalue weighted by Crippen LogP contribution is -2.47. The molecule has 43 heavy (non-hydrogen) atoms. The first-order valence-corrected chi connectivity index (χ1v) is 18.4. The normalized spacial score (nSPS) is 38.0. The van der Waals surface area contributed by atoms with E-state index in [1.54, 1.807) is 16.7 Å². The molecule has 0 aliphatic heterocycles. The van der Waals surface area contributed by atoms with Crippen molar-refractivity contribution in [2.45, 2.75) is 76.5 Å². The fourth-order valence-corrected chi connectivity index (χ4v) is 12.2. The summed E-state index contributed by atoms with van der Waals surface area (Å²) in [6, 6.07) is 9.23. The van der Waals surface area contributed by atoms with E-state index in [0.717, 1.165) is 23.7 Å². The highest BCUT2D eigenvalue weighted by molar-refractivity contribution is 7.20. The third-order valence-corrected chi connectivity index (χ3v) is 13.9. The molecule has 9 atom stereocenters. The third kappa shape index (κ3) is 4.51. The molecule has 220 valence electrons. The van der Waals surface area contributed by atoms with Crippen molar-refractivity contribution in [3.8, 4) is 0 Å². The molecule has 0 saturated heterocycles. The maximum absolute atomic E-state index is 2.82. The van der Waals surface area contributed by atoms with Crippen LogP contribution in [-0.2, 0) is 0 Å². The number of benzene rings is 1. The maximum Gasteiger partial charge on any atom is 0.0352 e. The van der Waals surface area contributed by atoms with Crippen molar-refractivity contribution in [1.82, 2.24) is 0 Å². The van der Waals surface area contributed by atoms with Gasteiger partial charge in [-0.2, -0.15) is 0 Å². The standard InChI is InChI=1S/C42H46S/c1-2-12-28-25-30(24-23-27(28)11-1)29-13-9-14-31(26-29)40-32-15-3-5-17-34(32)41(35-18-6-4-16-33(35)40)37-20-10-22-39-42(37)36-19-7-8-21-38(36)43-39/h3-5,7-10,13,16-17,19,21-23,26,28,30-33,35,37,40-41H,1-2,6,11-12,14-15,18,20,24-25H2. The number of hydrogen-bond donors (Lipinski definition) is 0. The first-order chi connectivity index (χ1) is 21.3. The summed E-state index contributed by atoms with van der Waals surface area (Å²) in [5, 5.41) is 1.53. The largest absolute Gasteiger partial charge is 0.136 e. The molecule has 1 heterocycles. The summed E-state index contributed by atoms with van der Waals surface area (Å²) in [5.74, 6) is 6.35. The Morgan fingerprint density at radius 1 is 0.814 bits per heavy atom. The van der Waals surface area contributed by atoms with Crippen LogP contribution in [0.15, 0.2) is 102 Å². The van der Waals surface area contributed by atoms with Gasteiger partial charge in [0.2, 0.25) is 0 Å². The highest BCUT2D eigenvalue weighted by atomic mass is 32.1. The molecule has 9 rings (SSSR count). The van der Waals surface area contributed by atoms with Gasteiger partial charge in [0.1, 0.15) is 0 Å². The molecule has 0 nitrogen and oxygen atoms in total. The van der Waals surface area contributed by atoms with E-state index in [2.05, 4.69) is 91.1 Å². The molecule has 0 amide bonds. The summed E-state index contributed by atoms with van der Waals surface area (Å²) in [7, 11) is 0. The Labute approximate surface area is 262 Å². The zero-order valence-electron chi connectivity index (χ0n) is 25.5. The minimum Gasteiger partial charge on any atom is -0.136 e. The topological polar surface area (TPSA) is 0 Å². The fourth-order valence-electron chi connectivity index (χ4n) is 11.0. The zero-order valence-corrected chi connectivity index (χ0v) is 26.4. The predicted octanol–water partition coefficient (Wildman–Crippen LogP) is 11.8. The van der Waals surface area contributed by atoms with Crippen LogP contribution in [0.3, 0.4) is 0 Å². The second-order valence-corrected chi connectivity index (χ2v) is 15.9. The molecular weight excluding hydrogens is 537 g/mol. The van der Waals surface area contributed by atoms with Crippen LogP contribution in [0.5, 0.6) is 0 Å². The maximum atomic E-state index is 2.82. The van der Waals surface area contributed by atoms with Crippen LogP contribution >= 0.6 is 11.3 Å². The molecular formula is C42H46S. The van der Waals surface area contributed by atoms with E-state index < -0.39 is 0 Å². The molecule has 0 spiro atoms. The van der Waals surface area contributed by atoms with Gasteiger partial charge in [0.25, 0.3) is 0 Å². The van der Waals surface area contributed by atoms with Gasteiger partial charge in [-0.1, -0.05) is 96.5 Å². The Morgan fingerprint density at radius 3 is 2.74 bits per heavy atom. The molecule has 1 aromatic carbocycles. The minimum atomic E-state index is 0.604. The van der Waals surface area contributed by atoms with E-state index in [0.29, 0.717) is 29.6 Å². The molecule has 7 aliphatic rings. The highest BCUT2D eigenvalue weighted by Gasteiger charge is 2.51. The monoisotopic (exact) mass is 582 g/mol. The zero-order chi connectivity index (χ0) is 28.3. The van der Waals surface area contributed by atoms with Crippen LogP contribution in [0, 0.1) is 47.3 Å². The van der Waals surface area contributed by atoms with Crippen molar-refractivity contribution in [2.24, 2.45) is 47.3 Å². The van der Waals surface area contributed by atoms with Gasteiger partial charge in [0.15, 0.2) is 0 Å². The molecule has 7 aliphatic carbocycles. The lowest BCUT2D eigenvalue weighted by Gasteiger charge is -2.55. The molecule has 9 unspecified atom stereocenters. The molecule has 0 bridgehead atoms. The van der Waals surface area contributed by atoms with Crippen LogP contribution in [0.25, 0.3) is 16.2 Å². The molecule has 1 aromatic heterocycles. The van der Waals surface area contributed by atoms with Crippen LogP contribution < -0.4 is 0 Å². The Morgan fingerprint density at radius 2 is 1.74 bits per heavy atom. The number of fused-ring (bicyclic) bond motifs is 6. The van der Waals surface area contributed by atoms with E-state index in [-0.39, 0.29) is 0 Å². The lowest BCUT2D eigenvalue weighted by molar-refractivity contribution is 0.0666. The van der Waals surface area contributed by atoms with Gasteiger partial charge < -0.3 is 0 Å². The summed E-state index contributed by atoms with van der Waals surface area (Å²) in [4.78, 5) is 1.53. The highest BCUT2D eigenvalue weighted by Crippen LogP contribution is 2.61. The molecule has 1 heteroatoms. The van der Waals surface area contributed by atoms with E-state index in [9.17, 15) is 0 Å². The molecule has 2 aromatic rings. The number of rotatable bonds is 3. The predicted molar refractivity (Wildman–Crippen MR) is 184 cm³/mol. The van der Waals surface area contributed by atoms with Gasteiger partial charge >= 0.3 is 0 Å². The van der Waals surface area contributed by atoms with Gasteiger partial charge in [-0.3, -0.25) is 0 Å². The Kier molecular flexibility index (Phi) is 6.88. The van der Waals surface area contributed by atoms with Crippen LogP contribution in [0.1, 0.15) is 87.0 Å². The van der Waals surface area contributed by atoms with E-state index in [4.69, 9.17) is 0 Å². The van der Waals surface area contributed by atoms with Gasteiger partial charge in [-0.05, 0) is 146 Å². The molecule has 2 saturated carbocycles. The van der Waals surface area contributed by atoms with Crippen molar-refractivity contribution in [1.29, 1.82) is 0 Å². The van der Waals surface area contributed by atoms with Gasteiger partial charge in [0.05, 0.1) is 0 Å². The van der Waals surface area contributed by atoms with Crippen LogP contribution in [0.2, 0.25) is 0 Å². The Hall–Kier alpha value is -2.64. The van der Waals surface area contributed by atoms with Crippen LogP contribution in [-0.4, -0.2) is 0 Å². The van der Waals surface area contributed by atoms with Crippen LogP contribution in [0.4, 0.5) is 0 Å². The smallest absolute Gasteiger partial charge is 0.0352 e. The summed E-state index contributed by atoms with van der Waals surface area (Å²) >= 11 is 2.02. The summed E-state index contributed by atoms with van der Waals surface area (Å²) < 4.78 is 1.47. The van der Waals surface area contributed by atoms with Crippen molar-refractivity contribution < 1.29 is 0 Å². The summed E-state index contributed by atoms with van der Waals surface area (Å²) in [5.41, 5.74) is 6.96. The SMILES string of the molecule is C1=CCC2C(=C1)C(C1CC=Cc3sc4ccccc4c31)C1CCC=CC1C2C1C=C(C2CC=C3CCCCC3C2)C=CC1. The number of allylic oxidation sites excluding steroid dienone is 13. The average molecular weight is 583 g/mol.